The zero-order valence-electron chi connectivity index (χ0n) is 12.8. The van der Waals surface area contributed by atoms with Gasteiger partial charge in [-0.1, -0.05) is 44.2 Å². The highest BCUT2D eigenvalue weighted by molar-refractivity contribution is 5.20. The highest BCUT2D eigenvalue weighted by Crippen LogP contribution is 2.28. The van der Waals surface area contributed by atoms with Crippen LogP contribution in [-0.2, 0) is 0 Å². The Morgan fingerprint density at radius 2 is 1.84 bits per heavy atom. The number of rotatable bonds is 4. The van der Waals surface area contributed by atoms with Crippen LogP contribution in [0, 0.1) is 11.8 Å². The first-order valence-corrected chi connectivity index (χ1v) is 7.59. The maximum absolute atomic E-state index is 3.50. The van der Waals surface area contributed by atoms with Crippen LogP contribution in [0.5, 0.6) is 0 Å². The lowest BCUT2D eigenvalue weighted by atomic mass is 9.87. The molecule has 0 bridgehead atoms. The fourth-order valence-corrected chi connectivity index (χ4v) is 3.22. The molecule has 19 heavy (non-hydrogen) atoms. The van der Waals surface area contributed by atoms with E-state index >= 15 is 0 Å². The quantitative estimate of drug-likeness (QED) is 0.893. The van der Waals surface area contributed by atoms with Crippen molar-refractivity contribution in [2.75, 3.05) is 20.1 Å². The number of hydrogen-bond donors (Lipinski definition) is 1. The maximum Gasteiger partial charge on any atom is 0.0473 e. The third-order valence-electron chi connectivity index (χ3n) is 4.89. The summed E-state index contributed by atoms with van der Waals surface area (Å²) in [4.78, 5) is 2.65. The number of likely N-dealkylation sites (N-methyl/N-ethyl adjacent to an activating group) is 1. The average Bonchev–Trinajstić information content (AvgIpc) is 2.44. The summed E-state index contributed by atoms with van der Waals surface area (Å²) in [7, 11) is 2.07. The molecule has 2 nitrogen and oxygen atoms in total. The minimum absolute atomic E-state index is 0.418. The number of hydrogen-bond acceptors (Lipinski definition) is 2. The fraction of sp³-hybridized carbons (Fsp3) is 0.647. The first kappa shape index (κ1) is 14.5. The van der Waals surface area contributed by atoms with Gasteiger partial charge in [-0.25, -0.2) is 0 Å². The van der Waals surface area contributed by atoms with Gasteiger partial charge < -0.3 is 5.32 Å². The zero-order chi connectivity index (χ0) is 13.8. The zero-order valence-corrected chi connectivity index (χ0v) is 12.8. The molecule has 106 valence electrons. The second-order valence-electron chi connectivity index (χ2n) is 6.16. The lowest BCUT2D eigenvalue weighted by molar-refractivity contribution is 0.0853. The third kappa shape index (κ3) is 3.37. The molecule has 4 unspecified atom stereocenters. The summed E-state index contributed by atoms with van der Waals surface area (Å²) < 4.78 is 0. The highest BCUT2D eigenvalue weighted by Gasteiger charge is 2.29. The Morgan fingerprint density at radius 3 is 2.42 bits per heavy atom. The molecule has 1 saturated heterocycles. The van der Waals surface area contributed by atoms with Crippen LogP contribution < -0.4 is 5.32 Å². The van der Waals surface area contributed by atoms with E-state index in [2.05, 4.69) is 68.4 Å². The van der Waals surface area contributed by atoms with Gasteiger partial charge in [0.25, 0.3) is 0 Å². The van der Waals surface area contributed by atoms with Crippen molar-refractivity contribution in [2.45, 2.75) is 39.3 Å². The topological polar surface area (TPSA) is 15.3 Å². The molecule has 1 aromatic carbocycles. The first-order valence-electron chi connectivity index (χ1n) is 7.59. The van der Waals surface area contributed by atoms with Crippen molar-refractivity contribution < 1.29 is 0 Å². The van der Waals surface area contributed by atoms with E-state index in [1.165, 1.54) is 25.1 Å². The summed E-state index contributed by atoms with van der Waals surface area (Å²) in [6.45, 7) is 9.60. The SMILES string of the molecule is CNC(c1ccccc1)C(C)N1CCC(C)C(C)C1. The van der Waals surface area contributed by atoms with E-state index in [1.807, 2.05) is 0 Å². The lowest BCUT2D eigenvalue weighted by Crippen LogP contribution is -2.48. The molecule has 0 radical (unpaired) electrons. The van der Waals surface area contributed by atoms with Crippen molar-refractivity contribution in [3.8, 4) is 0 Å². The predicted molar refractivity (Wildman–Crippen MR) is 82.2 cm³/mol. The van der Waals surface area contributed by atoms with Crippen molar-refractivity contribution in [1.29, 1.82) is 0 Å². The van der Waals surface area contributed by atoms with Crippen molar-refractivity contribution in [3.63, 3.8) is 0 Å². The van der Waals surface area contributed by atoms with Gasteiger partial charge in [-0.15, -0.1) is 0 Å². The van der Waals surface area contributed by atoms with Gasteiger partial charge in [-0.05, 0) is 44.3 Å². The van der Waals surface area contributed by atoms with Crippen LogP contribution in [0.3, 0.4) is 0 Å². The fourth-order valence-electron chi connectivity index (χ4n) is 3.22. The van der Waals surface area contributed by atoms with E-state index in [-0.39, 0.29) is 0 Å². The van der Waals surface area contributed by atoms with E-state index in [9.17, 15) is 0 Å². The summed E-state index contributed by atoms with van der Waals surface area (Å²) in [5, 5.41) is 3.50. The van der Waals surface area contributed by atoms with E-state index < -0.39 is 0 Å². The largest absolute Gasteiger partial charge is 0.312 e. The molecule has 0 aromatic heterocycles. The summed E-state index contributed by atoms with van der Waals surface area (Å²) >= 11 is 0. The monoisotopic (exact) mass is 260 g/mol. The molecule has 4 atom stereocenters. The third-order valence-corrected chi connectivity index (χ3v) is 4.89. The van der Waals surface area contributed by atoms with E-state index in [1.54, 1.807) is 0 Å². The van der Waals surface area contributed by atoms with Gasteiger partial charge in [0.1, 0.15) is 0 Å². The van der Waals surface area contributed by atoms with Gasteiger partial charge in [-0.2, -0.15) is 0 Å². The van der Waals surface area contributed by atoms with E-state index in [4.69, 9.17) is 0 Å². The maximum atomic E-state index is 3.50. The molecular weight excluding hydrogens is 232 g/mol. The van der Waals surface area contributed by atoms with Crippen molar-refractivity contribution in [3.05, 3.63) is 35.9 Å². The molecule has 1 N–H and O–H groups in total. The normalized spacial score (nSPS) is 28.0. The van der Waals surface area contributed by atoms with Crippen LogP contribution in [0.25, 0.3) is 0 Å². The Balaban J connectivity index is 2.07. The van der Waals surface area contributed by atoms with Crippen molar-refractivity contribution >= 4 is 0 Å². The van der Waals surface area contributed by atoms with Gasteiger partial charge in [0.15, 0.2) is 0 Å². The van der Waals surface area contributed by atoms with Crippen molar-refractivity contribution in [1.82, 2.24) is 10.2 Å². The van der Waals surface area contributed by atoms with E-state index in [0.29, 0.717) is 12.1 Å². The Hall–Kier alpha value is -0.860. The van der Waals surface area contributed by atoms with E-state index in [0.717, 1.165) is 11.8 Å². The minimum atomic E-state index is 0.418. The van der Waals surface area contributed by atoms with Gasteiger partial charge in [-0.3, -0.25) is 4.90 Å². The van der Waals surface area contributed by atoms with Crippen LogP contribution in [0.2, 0.25) is 0 Å². The first-order chi connectivity index (χ1) is 9.13. The Labute approximate surface area is 118 Å². The molecule has 1 heterocycles. The van der Waals surface area contributed by atoms with Crippen LogP contribution in [0.1, 0.15) is 38.8 Å². The molecule has 2 rings (SSSR count). The smallest absolute Gasteiger partial charge is 0.0473 e. The summed E-state index contributed by atoms with van der Waals surface area (Å²) in [6.07, 6.45) is 1.33. The Morgan fingerprint density at radius 1 is 1.16 bits per heavy atom. The summed E-state index contributed by atoms with van der Waals surface area (Å²) in [6, 6.07) is 11.8. The molecule has 1 aliphatic heterocycles. The average molecular weight is 260 g/mol. The molecule has 0 spiro atoms. The lowest BCUT2D eigenvalue weighted by Gasteiger charge is -2.41. The van der Waals surface area contributed by atoms with Gasteiger partial charge in [0.05, 0.1) is 0 Å². The van der Waals surface area contributed by atoms with Crippen LogP contribution in [0.15, 0.2) is 30.3 Å². The predicted octanol–water partition coefficient (Wildman–Crippen LogP) is 3.31. The summed E-state index contributed by atoms with van der Waals surface area (Å²) in [5.41, 5.74) is 1.39. The Bertz CT molecular complexity index is 376. The standard InChI is InChI=1S/C17H28N2/c1-13-10-11-19(12-14(13)2)15(3)17(18-4)16-8-6-5-7-9-16/h5-9,13-15,17-18H,10-12H2,1-4H3. The molecule has 1 fully saturated rings. The van der Waals surface area contributed by atoms with Crippen LogP contribution >= 0.6 is 0 Å². The molecular formula is C17H28N2. The van der Waals surface area contributed by atoms with Crippen molar-refractivity contribution in [2.24, 2.45) is 11.8 Å². The van der Waals surface area contributed by atoms with Crippen LogP contribution in [-0.4, -0.2) is 31.1 Å². The highest BCUT2D eigenvalue weighted by atomic mass is 15.2. The minimum Gasteiger partial charge on any atom is -0.312 e. The second-order valence-corrected chi connectivity index (χ2v) is 6.16. The molecule has 0 aliphatic carbocycles. The van der Waals surface area contributed by atoms with Gasteiger partial charge in [0, 0.05) is 18.6 Å². The molecule has 1 aliphatic rings. The van der Waals surface area contributed by atoms with Crippen LogP contribution in [0.4, 0.5) is 0 Å². The molecule has 2 heteroatoms. The molecule has 1 aromatic rings. The van der Waals surface area contributed by atoms with Gasteiger partial charge in [0.2, 0.25) is 0 Å². The van der Waals surface area contributed by atoms with Gasteiger partial charge >= 0.3 is 0 Å². The number of nitrogens with one attached hydrogen (secondary N) is 1. The number of benzene rings is 1. The molecule has 0 amide bonds. The Kier molecular flexibility index (Phi) is 5.00. The number of piperidine rings is 1. The number of likely N-dealkylation sites (tertiary alicyclic amines) is 1. The number of nitrogens with zero attached hydrogens (tertiary/aromatic N) is 1. The summed E-state index contributed by atoms with van der Waals surface area (Å²) in [5.74, 6) is 1.68. The molecule has 0 saturated carbocycles. The second kappa shape index (κ2) is 6.53.